The van der Waals surface area contributed by atoms with Gasteiger partial charge in [0.2, 0.25) is 5.91 Å². The molecule has 2 aliphatic heterocycles. The Kier molecular flexibility index (Phi) is 5.47. The van der Waals surface area contributed by atoms with Crippen LogP contribution >= 0.6 is 11.6 Å². The Morgan fingerprint density at radius 3 is 2.55 bits per heavy atom. The first-order valence-corrected chi connectivity index (χ1v) is 9.64. The molecule has 160 valence electrons. The van der Waals surface area contributed by atoms with E-state index in [4.69, 9.17) is 21.1 Å². The fourth-order valence-corrected chi connectivity index (χ4v) is 3.65. The van der Waals surface area contributed by atoms with E-state index in [0.29, 0.717) is 27.9 Å². The van der Waals surface area contributed by atoms with Gasteiger partial charge in [0.1, 0.15) is 6.54 Å². The smallest absolute Gasteiger partial charge is 0.263 e. The third kappa shape index (κ3) is 3.66. The summed E-state index contributed by atoms with van der Waals surface area (Å²) in [5.74, 6) is -0.673. The Morgan fingerprint density at radius 2 is 1.84 bits per heavy atom. The zero-order valence-corrected chi connectivity index (χ0v) is 17.4. The van der Waals surface area contributed by atoms with Crippen LogP contribution in [0.3, 0.4) is 0 Å². The van der Waals surface area contributed by atoms with E-state index >= 15 is 0 Å². The van der Waals surface area contributed by atoms with Gasteiger partial charge in [-0.3, -0.25) is 19.4 Å². The summed E-state index contributed by atoms with van der Waals surface area (Å²) in [6, 6.07) is 9.44. The molecule has 0 aliphatic carbocycles. The van der Waals surface area contributed by atoms with Crippen LogP contribution in [0.25, 0.3) is 0 Å². The molecule has 2 aromatic carbocycles. The zero-order chi connectivity index (χ0) is 22.1. The third-order valence-corrected chi connectivity index (χ3v) is 5.27. The fraction of sp³-hybridized carbons (Fsp3) is 0.250. The van der Waals surface area contributed by atoms with Crippen molar-refractivity contribution in [1.29, 1.82) is 0 Å². The van der Waals surface area contributed by atoms with Gasteiger partial charge in [0, 0.05) is 6.07 Å². The highest BCUT2D eigenvalue weighted by atomic mass is 35.5. The number of fused-ring (bicyclic) bond motifs is 1. The lowest BCUT2D eigenvalue weighted by Crippen LogP contribution is -2.43. The number of hydrogen-bond acceptors (Lipinski definition) is 8. The number of halogens is 1. The number of carbonyl (C=O) groups is 3. The molecule has 1 N–H and O–H groups in total. The van der Waals surface area contributed by atoms with Crippen molar-refractivity contribution in [3.63, 3.8) is 0 Å². The number of hydrogen-bond donors (Lipinski definition) is 1. The monoisotopic (exact) mass is 443 g/mol. The first-order chi connectivity index (χ1) is 14.9. The van der Waals surface area contributed by atoms with Crippen molar-refractivity contribution in [2.75, 3.05) is 31.0 Å². The maximum Gasteiger partial charge on any atom is 0.263 e. The van der Waals surface area contributed by atoms with Crippen LogP contribution in [0.1, 0.15) is 0 Å². The van der Waals surface area contributed by atoms with Crippen LogP contribution in [-0.4, -0.2) is 55.6 Å². The number of nitrogens with zero attached hydrogens (tertiary/aromatic N) is 4. The second kappa shape index (κ2) is 8.23. The molecule has 0 aromatic heterocycles. The topological polar surface area (TPSA) is 113 Å². The number of methoxy groups -OCH3 is 2. The first-order valence-electron chi connectivity index (χ1n) is 9.26. The molecule has 2 aliphatic rings. The highest BCUT2D eigenvalue weighted by Gasteiger charge is 2.55. The Hall–Kier alpha value is -3.66. The van der Waals surface area contributed by atoms with Gasteiger partial charge in [-0.2, -0.15) is 5.11 Å². The SMILES string of the molecule is COc1ccc(N2C(=O)[C@@H]3[C@@H](N=NN3CC(=O)Nc3ccccc3Cl)C2=O)cc1OC. The maximum absolute atomic E-state index is 13.1. The van der Waals surface area contributed by atoms with Crippen LogP contribution in [0, 0.1) is 0 Å². The predicted octanol–water partition coefficient (Wildman–Crippen LogP) is 2.29. The van der Waals surface area contributed by atoms with E-state index in [-0.39, 0.29) is 6.54 Å². The summed E-state index contributed by atoms with van der Waals surface area (Å²) in [5, 5.41) is 12.0. The highest BCUT2D eigenvalue weighted by Crippen LogP contribution is 2.36. The van der Waals surface area contributed by atoms with Crippen molar-refractivity contribution in [3.8, 4) is 11.5 Å². The zero-order valence-electron chi connectivity index (χ0n) is 16.6. The van der Waals surface area contributed by atoms with Gasteiger partial charge in [-0.1, -0.05) is 29.0 Å². The number of anilines is 2. The lowest BCUT2D eigenvalue weighted by molar-refractivity contribution is -0.123. The summed E-state index contributed by atoms with van der Waals surface area (Å²) in [7, 11) is 2.94. The van der Waals surface area contributed by atoms with E-state index < -0.39 is 29.8 Å². The second-order valence-corrected chi connectivity index (χ2v) is 7.18. The van der Waals surface area contributed by atoms with Crippen molar-refractivity contribution in [2.24, 2.45) is 10.3 Å². The van der Waals surface area contributed by atoms with E-state index in [1.54, 1.807) is 36.4 Å². The molecule has 11 heteroatoms. The minimum atomic E-state index is -1.02. The Labute approximate surface area is 182 Å². The van der Waals surface area contributed by atoms with Crippen LogP contribution < -0.4 is 19.7 Å². The van der Waals surface area contributed by atoms with Gasteiger partial charge in [-0.15, -0.1) is 0 Å². The van der Waals surface area contributed by atoms with Gasteiger partial charge >= 0.3 is 0 Å². The lowest BCUT2D eigenvalue weighted by atomic mass is 10.1. The molecule has 0 saturated carbocycles. The van der Waals surface area contributed by atoms with Crippen molar-refractivity contribution >= 4 is 40.7 Å². The van der Waals surface area contributed by atoms with E-state index in [0.717, 1.165) is 4.90 Å². The van der Waals surface area contributed by atoms with E-state index in [2.05, 4.69) is 15.7 Å². The van der Waals surface area contributed by atoms with Gasteiger partial charge in [-0.25, -0.2) is 4.90 Å². The van der Waals surface area contributed by atoms with Gasteiger partial charge in [-0.05, 0) is 24.3 Å². The second-order valence-electron chi connectivity index (χ2n) is 6.77. The highest BCUT2D eigenvalue weighted by molar-refractivity contribution is 6.33. The normalized spacial score (nSPS) is 19.6. The standard InChI is InChI=1S/C20H18ClN5O5/c1-30-14-8-7-11(9-15(14)31-2)26-19(28)17-18(20(26)29)25(24-23-17)10-16(27)22-13-6-4-3-5-12(13)21/h3-9,17-18H,10H2,1-2H3,(H,22,27)/t17-,18+/m1/s1. The Balaban J connectivity index is 1.52. The summed E-state index contributed by atoms with van der Waals surface area (Å²) >= 11 is 6.05. The number of rotatable bonds is 6. The molecule has 1 saturated heterocycles. The van der Waals surface area contributed by atoms with Crippen LogP contribution in [0.2, 0.25) is 5.02 Å². The molecule has 2 atom stereocenters. The van der Waals surface area contributed by atoms with Gasteiger partial charge in [0.25, 0.3) is 11.8 Å². The number of imide groups is 1. The Bertz CT molecular complexity index is 1090. The summed E-state index contributed by atoms with van der Waals surface area (Å²) in [6.07, 6.45) is 0. The van der Waals surface area contributed by atoms with Crippen molar-refractivity contribution in [1.82, 2.24) is 5.01 Å². The van der Waals surface area contributed by atoms with Gasteiger partial charge < -0.3 is 14.8 Å². The number of para-hydroxylation sites is 1. The van der Waals surface area contributed by atoms with Gasteiger partial charge in [0.05, 0.1) is 30.6 Å². The van der Waals surface area contributed by atoms with Crippen molar-refractivity contribution < 1.29 is 23.9 Å². The average Bonchev–Trinajstić information content (AvgIpc) is 3.28. The molecule has 0 radical (unpaired) electrons. The van der Waals surface area contributed by atoms with Crippen LogP contribution in [0.4, 0.5) is 11.4 Å². The molecule has 2 aromatic rings. The van der Waals surface area contributed by atoms with E-state index in [9.17, 15) is 14.4 Å². The molecule has 0 spiro atoms. The minimum Gasteiger partial charge on any atom is -0.493 e. The summed E-state index contributed by atoms with van der Waals surface area (Å²) < 4.78 is 10.4. The molecule has 4 rings (SSSR count). The molecule has 3 amide bonds. The minimum absolute atomic E-state index is 0.269. The third-order valence-electron chi connectivity index (χ3n) is 4.94. The van der Waals surface area contributed by atoms with E-state index in [1.807, 2.05) is 0 Å². The molecule has 0 bridgehead atoms. The number of benzene rings is 2. The van der Waals surface area contributed by atoms with Gasteiger partial charge in [0.15, 0.2) is 23.6 Å². The molecule has 10 nitrogen and oxygen atoms in total. The Morgan fingerprint density at radius 1 is 1.10 bits per heavy atom. The average molecular weight is 444 g/mol. The molecule has 31 heavy (non-hydrogen) atoms. The molecular weight excluding hydrogens is 426 g/mol. The molecular formula is C20H18ClN5O5. The van der Waals surface area contributed by atoms with Crippen LogP contribution in [0.15, 0.2) is 52.8 Å². The fourth-order valence-electron chi connectivity index (χ4n) is 3.47. The molecule has 1 fully saturated rings. The number of carbonyl (C=O) groups excluding carboxylic acids is 3. The van der Waals surface area contributed by atoms with Crippen LogP contribution in [-0.2, 0) is 14.4 Å². The number of amides is 3. The number of nitrogens with one attached hydrogen (secondary N) is 1. The van der Waals surface area contributed by atoms with Crippen molar-refractivity contribution in [2.45, 2.75) is 12.1 Å². The largest absolute Gasteiger partial charge is 0.493 e. The molecule has 2 heterocycles. The molecule has 0 unspecified atom stereocenters. The van der Waals surface area contributed by atoms with E-state index in [1.165, 1.54) is 25.3 Å². The summed E-state index contributed by atoms with van der Waals surface area (Å²) in [6.45, 7) is -0.269. The van der Waals surface area contributed by atoms with Crippen molar-refractivity contribution in [3.05, 3.63) is 47.5 Å². The predicted molar refractivity (Wildman–Crippen MR) is 111 cm³/mol. The lowest BCUT2D eigenvalue weighted by Gasteiger charge is -2.21. The summed E-state index contributed by atoms with van der Waals surface area (Å²) in [4.78, 5) is 39.4. The first kappa shape index (κ1) is 20.6. The quantitative estimate of drug-likeness (QED) is 0.685. The number of ether oxygens (including phenoxy) is 2. The maximum atomic E-state index is 13.1. The summed E-state index contributed by atoms with van der Waals surface area (Å²) in [5.41, 5.74) is 0.750. The van der Waals surface area contributed by atoms with Crippen LogP contribution in [0.5, 0.6) is 11.5 Å².